The fourth-order valence-corrected chi connectivity index (χ4v) is 0.896. The van der Waals surface area contributed by atoms with Crippen LogP contribution in [0, 0.1) is 0 Å². The Morgan fingerprint density at radius 1 is 1.57 bits per heavy atom. The van der Waals surface area contributed by atoms with Crippen LogP contribution in [0.15, 0.2) is 24.4 Å². The highest BCUT2D eigenvalue weighted by Crippen LogP contribution is 1.96. The van der Waals surface area contributed by atoms with Crippen LogP contribution in [0.1, 0.15) is 24.3 Å². The van der Waals surface area contributed by atoms with Gasteiger partial charge in [-0.2, -0.15) is 0 Å². The smallest absolute Gasteiger partial charge is 0.269 e. The topological polar surface area (TPSA) is 68.0 Å². The molecular weight excluding hydrogens is 178 g/mol. The number of hydrogen-bond donors (Lipinski definition) is 2. The zero-order valence-corrected chi connectivity index (χ0v) is 8.45. The Kier molecular flexibility index (Phi) is 3.19. The Morgan fingerprint density at radius 3 is 2.79 bits per heavy atom. The Morgan fingerprint density at radius 2 is 2.29 bits per heavy atom. The summed E-state index contributed by atoms with van der Waals surface area (Å²) in [5.74, 6) is -0.191. The summed E-state index contributed by atoms with van der Waals surface area (Å²) in [6.45, 7) is 4.14. The molecule has 1 aromatic rings. The third kappa shape index (κ3) is 3.53. The summed E-state index contributed by atoms with van der Waals surface area (Å²) < 4.78 is 0. The molecule has 0 aliphatic carbocycles. The Labute approximate surface area is 83.5 Å². The molecule has 0 aliphatic rings. The number of carbonyl (C=O) groups excluding carboxylic acids is 1. The molecule has 0 aromatic carbocycles. The zero-order valence-electron chi connectivity index (χ0n) is 8.45. The van der Waals surface area contributed by atoms with E-state index in [1.54, 1.807) is 24.4 Å². The van der Waals surface area contributed by atoms with Gasteiger partial charge < -0.3 is 11.1 Å². The molecule has 0 bridgehead atoms. The van der Waals surface area contributed by atoms with Gasteiger partial charge in [0.25, 0.3) is 5.91 Å². The molecule has 0 radical (unpaired) electrons. The first-order chi connectivity index (χ1) is 6.49. The van der Waals surface area contributed by atoms with Crippen LogP contribution in [0.4, 0.5) is 0 Å². The first-order valence-electron chi connectivity index (χ1n) is 4.47. The average molecular weight is 193 g/mol. The van der Waals surface area contributed by atoms with E-state index in [1.165, 1.54) is 0 Å². The van der Waals surface area contributed by atoms with Crippen molar-refractivity contribution in [2.45, 2.75) is 19.4 Å². The van der Waals surface area contributed by atoms with Gasteiger partial charge >= 0.3 is 0 Å². The molecule has 3 N–H and O–H groups in total. The van der Waals surface area contributed by atoms with E-state index in [9.17, 15) is 4.79 Å². The minimum atomic E-state index is -0.398. The molecule has 4 nitrogen and oxygen atoms in total. The Hall–Kier alpha value is -1.42. The van der Waals surface area contributed by atoms with Gasteiger partial charge in [-0.05, 0) is 26.0 Å². The van der Waals surface area contributed by atoms with Crippen molar-refractivity contribution >= 4 is 5.91 Å². The molecule has 14 heavy (non-hydrogen) atoms. The van der Waals surface area contributed by atoms with Gasteiger partial charge in [-0.1, -0.05) is 6.07 Å². The molecule has 1 heterocycles. The second kappa shape index (κ2) is 4.19. The van der Waals surface area contributed by atoms with E-state index >= 15 is 0 Å². The van der Waals surface area contributed by atoms with E-state index in [4.69, 9.17) is 5.73 Å². The molecule has 0 saturated heterocycles. The quantitative estimate of drug-likeness (QED) is 0.736. The monoisotopic (exact) mass is 193 g/mol. The second-order valence-electron chi connectivity index (χ2n) is 3.89. The van der Waals surface area contributed by atoms with Crippen LogP contribution in [-0.4, -0.2) is 23.0 Å². The summed E-state index contributed by atoms with van der Waals surface area (Å²) in [7, 11) is 0. The summed E-state index contributed by atoms with van der Waals surface area (Å²) >= 11 is 0. The summed E-state index contributed by atoms with van der Waals surface area (Å²) in [4.78, 5) is 15.4. The fourth-order valence-electron chi connectivity index (χ4n) is 0.896. The second-order valence-corrected chi connectivity index (χ2v) is 3.89. The van der Waals surface area contributed by atoms with Crippen LogP contribution in [0.2, 0.25) is 0 Å². The highest BCUT2D eigenvalue weighted by molar-refractivity contribution is 5.92. The van der Waals surface area contributed by atoms with E-state index in [0.717, 1.165) is 0 Å². The van der Waals surface area contributed by atoms with Crippen molar-refractivity contribution < 1.29 is 4.79 Å². The number of nitrogens with zero attached hydrogens (tertiary/aromatic N) is 1. The van der Waals surface area contributed by atoms with E-state index in [2.05, 4.69) is 10.3 Å². The average Bonchev–Trinajstić information content (AvgIpc) is 2.14. The van der Waals surface area contributed by atoms with Crippen LogP contribution < -0.4 is 11.1 Å². The number of aromatic nitrogens is 1. The third-order valence-corrected chi connectivity index (χ3v) is 1.60. The van der Waals surface area contributed by atoms with Crippen LogP contribution in [-0.2, 0) is 0 Å². The molecule has 0 spiro atoms. The number of carbonyl (C=O) groups is 1. The number of rotatable bonds is 3. The van der Waals surface area contributed by atoms with Crippen LogP contribution in [0.25, 0.3) is 0 Å². The molecule has 0 saturated carbocycles. The number of amides is 1. The number of nitrogens with one attached hydrogen (secondary N) is 1. The van der Waals surface area contributed by atoms with Crippen molar-refractivity contribution in [3.05, 3.63) is 30.1 Å². The van der Waals surface area contributed by atoms with Gasteiger partial charge in [-0.25, -0.2) is 0 Å². The van der Waals surface area contributed by atoms with E-state index in [1.807, 2.05) is 13.8 Å². The zero-order chi connectivity index (χ0) is 10.6. The van der Waals surface area contributed by atoms with Gasteiger partial charge in [0.2, 0.25) is 0 Å². The summed E-state index contributed by atoms with van der Waals surface area (Å²) in [6, 6.07) is 5.21. The number of pyridine rings is 1. The molecule has 1 aromatic heterocycles. The Balaban J connectivity index is 2.52. The molecular formula is C10H15N3O. The summed E-state index contributed by atoms with van der Waals surface area (Å²) in [6.07, 6.45) is 1.59. The highest BCUT2D eigenvalue weighted by Gasteiger charge is 2.13. The first-order valence-corrected chi connectivity index (χ1v) is 4.47. The lowest BCUT2D eigenvalue weighted by atomic mass is 10.1. The molecule has 76 valence electrons. The van der Waals surface area contributed by atoms with Gasteiger partial charge in [-0.15, -0.1) is 0 Å². The lowest BCUT2D eigenvalue weighted by molar-refractivity contribution is 0.0941. The molecule has 4 heteroatoms. The van der Waals surface area contributed by atoms with E-state index < -0.39 is 5.54 Å². The van der Waals surface area contributed by atoms with E-state index in [0.29, 0.717) is 12.2 Å². The molecule has 0 aliphatic heterocycles. The maximum absolute atomic E-state index is 11.5. The van der Waals surface area contributed by atoms with Gasteiger partial charge in [0.05, 0.1) is 0 Å². The minimum absolute atomic E-state index is 0.191. The van der Waals surface area contributed by atoms with Gasteiger partial charge in [0.1, 0.15) is 5.69 Å². The van der Waals surface area contributed by atoms with Crippen LogP contribution in [0.3, 0.4) is 0 Å². The van der Waals surface area contributed by atoms with Crippen molar-refractivity contribution in [3.8, 4) is 0 Å². The maximum atomic E-state index is 11.5. The normalized spacial score (nSPS) is 11.1. The highest BCUT2D eigenvalue weighted by atomic mass is 16.1. The van der Waals surface area contributed by atoms with Crippen molar-refractivity contribution in [2.75, 3.05) is 6.54 Å². The molecule has 1 amide bonds. The molecule has 1 rings (SSSR count). The Bertz CT molecular complexity index is 303. The molecule has 0 unspecified atom stereocenters. The predicted molar refractivity (Wildman–Crippen MR) is 54.8 cm³/mol. The fraction of sp³-hybridized carbons (Fsp3) is 0.400. The summed E-state index contributed by atoms with van der Waals surface area (Å²) in [5.41, 5.74) is 5.74. The van der Waals surface area contributed by atoms with Crippen molar-refractivity contribution in [1.82, 2.24) is 10.3 Å². The number of nitrogens with two attached hydrogens (primary N) is 1. The SMILES string of the molecule is CC(C)(N)CNC(=O)c1ccccn1. The number of hydrogen-bond acceptors (Lipinski definition) is 3. The van der Waals surface area contributed by atoms with Gasteiger partial charge in [0.15, 0.2) is 0 Å². The summed E-state index contributed by atoms with van der Waals surface area (Å²) in [5, 5.41) is 2.71. The largest absolute Gasteiger partial charge is 0.349 e. The van der Waals surface area contributed by atoms with Gasteiger partial charge in [0, 0.05) is 18.3 Å². The lowest BCUT2D eigenvalue weighted by Gasteiger charge is -2.18. The first kappa shape index (κ1) is 10.7. The van der Waals surface area contributed by atoms with Crippen molar-refractivity contribution in [2.24, 2.45) is 5.73 Å². The van der Waals surface area contributed by atoms with Gasteiger partial charge in [-0.3, -0.25) is 9.78 Å². The predicted octanol–water partition coefficient (Wildman–Crippen LogP) is 0.549. The van der Waals surface area contributed by atoms with Crippen LogP contribution in [0.5, 0.6) is 0 Å². The molecule has 0 fully saturated rings. The standard InChI is InChI=1S/C10H15N3O/c1-10(2,11)7-13-9(14)8-5-3-4-6-12-8/h3-6H,7,11H2,1-2H3,(H,13,14). The van der Waals surface area contributed by atoms with Crippen LogP contribution >= 0.6 is 0 Å². The lowest BCUT2D eigenvalue weighted by Crippen LogP contribution is -2.45. The third-order valence-electron chi connectivity index (χ3n) is 1.60. The maximum Gasteiger partial charge on any atom is 0.269 e. The molecule has 0 atom stereocenters. The van der Waals surface area contributed by atoms with E-state index in [-0.39, 0.29) is 5.91 Å². The van der Waals surface area contributed by atoms with Crippen molar-refractivity contribution in [3.63, 3.8) is 0 Å². The van der Waals surface area contributed by atoms with Crippen molar-refractivity contribution in [1.29, 1.82) is 0 Å². The minimum Gasteiger partial charge on any atom is -0.349 e.